The molecule has 0 aliphatic rings. The number of H-pyrrole nitrogens is 2. The Morgan fingerprint density at radius 2 is 2.00 bits per heavy atom. The van der Waals surface area contributed by atoms with Crippen molar-refractivity contribution in [1.82, 2.24) is 15.3 Å². The summed E-state index contributed by atoms with van der Waals surface area (Å²) in [6, 6.07) is 5.87. The highest BCUT2D eigenvalue weighted by atomic mass is 16.3. The summed E-state index contributed by atoms with van der Waals surface area (Å²) in [7, 11) is 0. The van der Waals surface area contributed by atoms with Gasteiger partial charge in [-0.25, -0.2) is 4.79 Å². The predicted octanol–water partition coefficient (Wildman–Crippen LogP) is 0.759. The van der Waals surface area contributed by atoms with Crippen LogP contribution in [0.5, 0.6) is 0 Å². The van der Waals surface area contributed by atoms with E-state index in [0.29, 0.717) is 6.54 Å². The van der Waals surface area contributed by atoms with Crippen molar-refractivity contribution in [3.05, 3.63) is 34.2 Å². The highest BCUT2D eigenvalue weighted by Crippen LogP contribution is 2.10. The molecule has 1 heterocycles. The van der Waals surface area contributed by atoms with Gasteiger partial charge in [0.1, 0.15) is 0 Å². The van der Waals surface area contributed by atoms with Gasteiger partial charge in [0.25, 0.3) is 0 Å². The first-order chi connectivity index (χ1) is 8.44. The minimum Gasteiger partial charge on any atom is -0.389 e. The third kappa shape index (κ3) is 3.45. The van der Waals surface area contributed by atoms with E-state index in [-0.39, 0.29) is 5.69 Å². The maximum atomic E-state index is 11.1. The van der Waals surface area contributed by atoms with Crippen LogP contribution in [0.2, 0.25) is 0 Å². The number of aromatic nitrogens is 2. The van der Waals surface area contributed by atoms with Gasteiger partial charge in [0.2, 0.25) is 0 Å². The third-order valence-electron chi connectivity index (χ3n) is 2.73. The van der Waals surface area contributed by atoms with Gasteiger partial charge in [-0.05, 0) is 44.5 Å². The van der Waals surface area contributed by atoms with Gasteiger partial charge in [-0.1, -0.05) is 6.07 Å². The minimum absolute atomic E-state index is 0.178. The molecular formula is C13H19N3O2. The van der Waals surface area contributed by atoms with Crippen LogP contribution in [0, 0.1) is 0 Å². The second-order valence-corrected chi connectivity index (χ2v) is 5.20. The van der Waals surface area contributed by atoms with Crippen LogP contribution in [0.15, 0.2) is 23.0 Å². The molecule has 0 aliphatic heterocycles. The summed E-state index contributed by atoms with van der Waals surface area (Å²) in [6.45, 7) is 4.91. The van der Waals surface area contributed by atoms with Crippen LogP contribution in [0.4, 0.5) is 0 Å². The lowest BCUT2D eigenvalue weighted by Crippen LogP contribution is -2.35. The molecule has 5 heteroatoms. The fourth-order valence-corrected chi connectivity index (χ4v) is 1.86. The average Bonchev–Trinajstić information content (AvgIpc) is 2.62. The molecule has 0 atom stereocenters. The van der Waals surface area contributed by atoms with Gasteiger partial charge in [-0.15, -0.1) is 0 Å². The fourth-order valence-electron chi connectivity index (χ4n) is 1.86. The number of aromatic amines is 2. The molecule has 98 valence electrons. The molecule has 1 aromatic carbocycles. The molecule has 2 aromatic rings. The Morgan fingerprint density at radius 1 is 1.28 bits per heavy atom. The number of hydrogen-bond acceptors (Lipinski definition) is 3. The van der Waals surface area contributed by atoms with Crippen LogP contribution in [0.1, 0.15) is 19.4 Å². The zero-order chi connectivity index (χ0) is 13.2. The molecule has 0 fully saturated rings. The first kappa shape index (κ1) is 12.9. The Labute approximate surface area is 105 Å². The summed E-state index contributed by atoms with van der Waals surface area (Å²) in [6.07, 6.45) is 0.860. The second-order valence-electron chi connectivity index (χ2n) is 5.20. The van der Waals surface area contributed by atoms with E-state index in [1.165, 1.54) is 0 Å². The summed E-state index contributed by atoms with van der Waals surface area (Å²) in [5.41, 5.74) is 1.95. The number of benzene rings is 1. The van der Waals surface area contributed by atoms with E-state index in [2.05, 4.69) is 15.3 Å². The SMILES string of the molecule is CC(C)(O)CNCCc1ccc2[nH]c(=O)[nH]c2c1. The van der Waals surface area contributed by atoms with Gasteiger partial charge < -0.3 is 20.4 Å². The molecule has 4 N–H and O–H groups in total. The van der Waals surface area contributed by atoms with E-state index in [4.69, 9.17) is 0 Å². The van der Waals surface area contributed by atoms with Crippen molar-refractivity contribution in [2.24, 2.45) is 0 Å². The van der Waals surface area contributed by atoms with Crippen molar-refractivity contribution in [2.75, 3.05) is 13.1 Å². The third-order valence-corrected chi connectivity index (χ3v) is 2.73. The maximum absolute atomic E-state index is 11.1. The lowest BCUT2D eigenvalue weighted by Gasteiger charge is -2.17. The second kappa shape index (κ2) is 4.96. The van der Waals surface area contributed by atoms with E-state index in [1.54, 1.807) is 13.8 Å². The zero-order valence-corrected chi connectivity index (χ0v) is 10.7. The molecule has 0 saturated heterocycles. The van der Waals surface area contributed by atoms with Gasteiger partial charge in [0, 0.05) is 6.54 Å². The van der Waals surface area contributed by atoms with Crippen molar-refractivity contribution < 1.29 is 5.11 Å². The van der Waals surface area contributed by atoms with Crippen molar-refractivity contribution in [2.45, 2.75) is 25.9 Å². The number of imidazole rings is 1. The average molecular weight is 249 g/mol. The largest absolute Gasteiger partial charge is 0.389 e. The van der Waals surface area contributed by atoms with Gasteiger partial charge in [-0.3, -0.25) is 0 Å². The van der Waals surface area contributed by atoms with E-state index >= 15 is 0 Å². The van der Waals surface area contributed by atoms with Gasteiger partial charge in [-0.2, -0.15) is 0 Å². The highest BCUT2D eigenvalue weighted by Gasteiger charge is 2.10. The molecular weight excluding hydrogens is 230 g/mol. The molecule has 5 nitrogen and oxygen atoms in total. The standard InChI is InChI=1S/C13H19N3O2/c1-13(2,18)8-14-6-5-9-3-4-10-11(7-9)16-12(17)15-10/h3-4,7,14,18H,5-6,8H2,1-2H3,(H2,15,16,17). The lowest BCUT2D eigenvalue weighted by molar-refractivity contribution is 0.0801. The monoisotopic (exact) mass is 249 g/mol. The van der Waals surface area contributed by atoms with E-state index in [9.17, 15) is 9.90 Å². The Kier molecular flexibility index (Phi) is 3.54. The summed E-state index contributed by atoms with van der Waals surface area (Å²) in [5.74, 6) is 0. The molecule has 0 saturated carbocycles. The van der Waals surface area contributed by atoms with Gasteiger partial charge in [0.15, 0.2) is 0 Å². The van der Waals surface area contributed by atoms with Crippen LogP contribution >= 0.6 is 0 Å². The van der Waals surface area contributed by atoms with E-state index in [0.717, 1.165) is 29.6 Å². The molecule has 18 heavy (non-hydrogen) atoms. The van der Waals surface area contributed by atoms with Crippen LogP contribution in [-0.4, -0.2) is 33.8 Å². The molecule has 0 spiro atoms. The molecule has 0 aliphatic carbocycles. The first-order valence-electron chi connectivity index (χ1n) is 6.08. The summed E-state index contributed by atoms with van der Waals surface area (Å²) >= 11 is 0. The molecule has 0 unspecified atom stereocenters. The highest BCUT2D eigenvalue weighted by molar-refractivity contribution is 5.74. The summed E-state index contributed by atoms with van der Waals surface area (Å²) in [4.78, 5) is 16.6. The van der Waals surface area contributed by atoms with Crippen LogP contribution in [-0.2, 0) is 6.42 Å². The van der Waals surface area contributed by atoms with E-state index in [1.807, 2.05) is 18.2 Å². The molecule has 0 amide bonds. The molecule has 2 rings (SSSR count). The Bertz CT molecular complexity index is 578. The Morgan fingerprint density at radius 3 is 2.72 bits per heavy atom. The van der Waals surface area contributed by atoms with E-state index < -0.39 is 5.60 Å². The normalized spacial score (nSPS) is 12.2. The molecule has 1 aromatic heterocycles. The first-order valence-corrected chi connectivity index (χ1v) is 6.08. The predicted molar refractivity (Wildman–Crippen MR) is 71.8 cm³/mol. The maximum Gasteiger partial charge on any atom is 0.323 e. The fraction of sp³-hybridized carbons (Fsp3) is 0.462. The number of nitrogens with one attached hydrogen (secondary N) is 3. The number of rotatable bonds is 5. The zero-order valence-electron chi connectivity index (χ0n) is 10.7. The molecule has 0 bridgehead atoms. The number of hydrogen-bond donors (Lipinski definition) is 4. The summed E-state index contributed by atoms with van der Waals surface area (Å²) < 4.78 is 0. The van der Waals surface area contributed by atoms with Crippen molar-refractivity contribution in [1.29, 1.82) is 0 Å². The van der Waals surface area contributed by atoms with Crippen LogP contribution in [0.25, 0.3) is 11.0 Å². The number of fused-ring (bicyclic) bond motifs is 1. The number of aliphatic hydroxyl groups is 1. The molecule has 0 radical (unpaired) electrons. The quantitative estimate of drug-likeness (QED) is 0.591. The van der Waals surface area contributed by atoms with Gasteiger partial charge in [0.05, 0.1) is 16.6 Å². The van der Waals surface area contributed by atoms with Crippen molar-refractivity contribution in [3.8, 4) is 0 Å². The lowest BCUT2D eigenvalue weighted by atomic mass is 10.1. The van der Waals surface area contributed by atoms with Crippen LogP contribution in [0.3, 0.4) is 0 Å². The smallest absolute Gasteiger partial charge is 0.323 e. The summed E-state index contributed by atoms with van der Waals surface area (Å²) in [5, 5.41) is 12.7. The van der Waals surface area contributed by atoms with Crippen LogP contribution < -0.4 is 11.0 Å². The minimum atomic E-state index is -0.685. The van der Waals surface area contributed by atoms with Gasteiger partial charge >= 0.3 is 5.69 Å². The van der Waals surface area contributed by atoms with Crippen molar-refractivity contribution >= 4 is 11.0 Å². The van der Waals surface area contributed by atoms with Crippen molar-refractivity contribution in [3.63, 3.8) is 0 Å². The Balaban J connectivity index is 1.93. The topological polar surface area (TPSA) is 80.9 Å². The Hall–Kier alpha value is -1.59.